The van der Waals surface area contributed by atoms with Crippen molar-refractivity contribution < 1.29 is 9.53 Å². The van der Waals surface area contributed by atoms with E-state index in [1.54, 1.807) is 25.3 Å². The number of hydrogen-bond acceptors (Lipinski definition) is 2. The first kappa shape index (κ1) is 12.9. The number of ketones is 1. The van der Waals surface area contributed by atoms with E-state index >= 15 is 0 Å². The Kier molecular flexibility index (Phi) is 4.08. The minimum Gasteiger partial charge on any atom is -0.373 e. The van der Waals surface area contributed by atoms with Gasteiger partial charge in [0.1, 0.15) is 6.10 Å². The van der Waals surface area contributed by atoms with Gasteiger partial charge in [-0.2, -0.15) is 0 Å². The lowest BCUT2D eigenvalue weighted by Gasteiger charge is -2.13. The molecule has 4 heteroatoms. The van der Waals surface area contributed by atoms with Crippen LogP contribution < -0.4 is 0 Å². The highest BCUT2D eigenvalue weighted by Crippen LogP contribution is 2.35. The van der Waals surface area contributed by atoms with Gasteiger partial charge in [-0.3, -0.25) is 4.79 Å². The molecule has 1 saturated carbocycles. The van der Waals surface area contributed by atoms with Gasteiger partial charge in [0, 0.05) is 23.6 Å². The first-order valence-electron chi connectivity index (χ1n) is 5.61. The summed E-state index contributed by atoms with van der Waals surface area (Å²) in [7, 11) is 1.58. The highest BCUT2D eigenvalue weighted by atomic mass is 35.5. The van der Waals surface area contributed by atoms with Gasteiger partial charge in [-0.1, -0.05) is 23.2 Å². The zero-order valence-electron chi connectivity index (χ0n) is 9.58. The molecule has 0 N–H and O–H groups in total. The van der Waals surface area contributed by atoms with Gasteiger partial charge in [0.15, 0.2) is 5.78 Å². The third kappa shape index (κ3) is 3.21. The number of carbonyl (C=O) groups is 1. The number of halogens is 2. The average Bonchev–Trinajstić information content (AvgIpc) is 3.09. The Morgan fingerprint density at radius 1 is 1.47 bits per heavy atom. The summed E-state index contributed by atoms with van der Waals surface area (Å²) in [4.78, 5) is 12.1. The van der Waals surface area contributed by atoms with Crippen molar-refractivity contribution in [1.29, 1.82) is 0 Å². The molecule has 0 heterocycles. The van der Waals surface area contributed by atoms with Gasteiger partial charge in [-0.25, -0.2) is 0 Å². The highest BCUT2D eigenvalue weighted by Gasteiger charge is 2.36. The van der Waals surface area contributed by atoms with E-state index in [-0.39, 0.29) is 18.3 Å². The Hall–Kier alpha value is -0.570. The van der Waals surface area contributed by atoms with Gasteiger partial charge in [0.05, 0.1) is 0 Å². The van der Waals surface area contributed by atoms with Crippen LogP contribution in [0.1, 0.15) is 18.4 Å². The lowest BCUT2D eigenvalue weighted by atomic mass is 10.0. The molecule has 2 nitrogen and oxygen atoms in total. The van der Waals surface area contributed by atoms with Crippen molar-refractivity contribution in [2.75, 3.05) is 7.11 Å². The Morgan fingerprint density at radius 3 is 2.76 bits per heavy atom. The molecule has 1 aliphatic rings. The van der Waals surface area contributed by atoms with Crippen LogP contribution >= 0.6 is 23.2 Å². The van der Waals surface area contributed by atoms with Crippen molar-refractivity contribution >= 4 is 29.0 Å². The molecule has 1 aliphatic carbocycles. The third-order valence-electron chi connectivity index (χ3n) is 2.99. The fourth-order valence-corrected chi connectivity index (χ4v) is 2.33. The van der Waals surface area contributed by atoms with Crippen molar-refractivity contribution in [2.45, 2.75) is 25.4 Å². The van der Waals surface area contributed by atoms with Gasteiger partial charge in [0.2, 0.25) is 0 Å². The molecule has 1 aromatic rings. The lowest BCUT2D eigenvalue weighted by Crippen LogP contribution is -2.26. The van der Waals surface area contributed by atoms with E-state index in [0.717, 1.165) is 18.4 Å². The summed E-state index contributed by atoms with van der Waals surface area (Å²) in [5.74, 6) is 0.477. The van der Waals surface area contributed by atoms with E-state index in [0.29, 0.717) is 16.0 Å². The molecule has 0 aliphatic heterocycles. The van der Waals surface area contributed by atoms with Crippen LogP contribution in [0.3, 0.4) is 0 Å². The standard InChI is InChI=1S/C13H14Cl2O2/c1-17-13(8-2-3-8)12(16)7-9-6-10(14)4-5-11(9)15/h4-6,8,13H,2-3,7H2,1H3. The lowest BCUT2D eigenvalue weighted by molar-refractivity contribution is -0.129. The molecule has 0 saturated heterocycles. The van der Waals surface area contributed by atoms with Crippen LogP contribution in [0.2, 0.25) is 10.0 Å². The minimum absolute atomic E-state index is 0.0826. The Morgan fingerprint density at radius 2 is 2.18 bits per heavy atom. The van der Waals surface area contributed by atoms with Gasteiger partial charge in [0.25, 0.3) is 0 Å². The van der Waals surface area contributed by atoms with Gasteiger partial charge in [-0.15, -0.1) is 0 Å². The number of benzene rings is 1. The van der Waals surface area contributed by atoms with Crippen LogP contribution in [0.25, 0.3) is 0 Å². The molecule has 1 aromatic carbocycles. The molecule has 1 fully saturated rings. The van der Waals surface area contributed by atoms with Crippen LogP contribution in [-0.4, -0.2) is 19.0 Å². The molecule has 92 valence electrons. The molecule has 0 spiro atoms. The Bertz CT molecular complexity index is 427. The number of rotatable bonds is 5. The molecule has 1 unspecified atom stereocenters. The minimum atomic E-state index is -0.287. The summed E-state index contributed by atoms with van der Waals surface area (Å²) in [6.45, 7) is 0. The third-order valence-corrected chi connectivity index (χ3v) is 3.60. The zero-order valence-corrected chi connectivity index (χ0v) is 11.1. The molecule has 0 bridgehead atoms. The second-order valence-electron chi connectivity index (χ2n) is 4.37. The summed E-state index contributed by atoms with van der Waals surface area (Å²) in [6.07, 6.45) is 2.15. The van der Waals surface area contributed by atoms with Crippen LogP contribution in [0.5, 0.6) is 0 Å². The summed E-state index contributed by atoms with van der Waals surface area (Å²) in [5.41, 5.74) is 0.770. The molecule has 0 radical (unpaired) electrons. The summed E-state index contributed by atoms with van der Waals surface area (Å²) in [5, 5.41) is 1.17. The average molecular weight is 273 g/mol. The molecule has 17 heavy (non-hydrogen) atoms. The van der Waals surface area contributed by atoms with E-state index in [4.69, 9.17) is 27.9 Å². The number of ether oxygens (including phenoxy) is 1. The first-order chi connectivity index (χ1) is 8.11. The zero-order chi connectivity index (χ0) is 12.4. The molecular formula is C13H14Cl2O2. The topological polar surface area (TPSA) is 26.3 Å². The van der Waals surface area contributed by atoms with Gasteiger partial charge >= 0.3 is 0 Å². The Labute approximate surface area is 111 Å². The van der Waals surface area contributed by atoms with Crippen molar-refractivity contribution in [1.82, 2.24) is 0 Å². The second kappa shape index (κ2) is 5.38. The smallest absolute Gasteiger partial charge is 0.166 e. The van der Waals surface area contributed by atoms with Crippen molar-refractivity contribution in [3.05, 3.63) is 33.8 Å². The van der Waals surface area contributed by atoms with Crippen molar-refractivity contribution in [2.24, 2.45) is 5.92 Å². The monoisotopic (exact) mass is 272 g/mol. The van der Waals surface area contributed by atoms with E-state index in [9.17, 15) is 4.79 Å². The number of carbonyl (C=O) groups excluding carboxylic acids is 1. The number of Topliss-reactive ketones (excluding diaryl/α,β-unsaturated/α-hetero) is 1. The SMILES string of the molecule is COC(C(=O)Cc1cc(Cl)ccc1Cl)C1CC1. The van der Waals surface area contributed by atoms with Crippen LogP contribution in [0.4, 0.5) is 0 Å². The summed E-state index contributed by atoms with van der Waals surface area (Å²) in [6, 6.07) is 5.17. The highest BCUT2D eigenvalue weighted by molar-refractivity contribution is 6.33. The predicted molar refractivity (Wildman–Crippen MR) is 68.7 cm³/mol. The molecule has 2 rings (SSSR count). The van der Waals surface area contributed by atoms with E-state index < -0.39 is 0 Å². The quantitative estimate of drug-likeness (QED) is 0.820. The van der Waals surface area contributed by atoms with Crippen molar-refractivity contribution in [3.8, 4) is 0 Å². The number of methoxy groups -OCH3 is 1. The predicted octanol–water partition coefficient (Wildman–Crippen LogP) is 3.53. The van der Waals surface area contributed by atoms with E-state index in [1.165, 1.54) is 0 Å². The normalized spacial score (nSPS) is 16.9. The summed E-state index contributed by atoms with van der Waals surface area (Å²) >= 11 is 11.9. The maximum Gasteiger partial charge on any atom is 0.166 e. The number of hydrogen-bond donors (Lipinski definition) is 0. The van der Waals surface area contributed by atoms with Crippen molar-refractivity contribution in [3.63, 3.8) is 0 Å². The van der Waals surface area contributed by atoms with Crippen LogP contribution in [0, 0.1) is 5.92 Å². The van der Waals surface area contributed by atoms with Crippen LogP contribution in [-0.2, 0) is 16.0 Å². The first-order valence-corrected chi connectivity index (χ1v) is 6.37. The maximum atomic E-state index is 12.1. The Balaban J connectivity index is 2.08. The maximum absolute atomic E-state index is 12.1. The largest absolute Gasteiger partial charge is 0.373 e. The second-order valence-corrected chi connectivity index (χ2v) is 5.22. The molecular weight excluding hydrogens is 259 g/mol. The molecule has 1 atom stereocenters. The van der Waals surface area contributed by atoms with E-state index in [1.807, 2.05) is 0 Å². The van der Waals surface area contributed by atoms with E-state index in [2.05, 4.69) is 0 Å². The van der Waals surface area contributed by atoms with Crippen LogP contribution in [0.15, 0.2) is 18.2 Å². The molecule has 0 aromatic heterocycles. The van der Waals surface area contributed by atoms with Gasteiger partial charge in [-0.05, 0) is 42.5 Å². The molecule has 0 amide bonds. The fraction of sp³-hybridized carbons (Fsp3) is 0.462. The summed E-state index contributed by atoms with van der Waals surface area (Å²) < 4.78 is 5.25. The van der Waals surface area contributed by atoms with Gasteiger partial charge < -0.3 is 4.74 Å². The fourth-order valence-electron chi connectivity index (χ4n) is 1.95.